The van der Waals surface area contributed by atoms with Gasteiger partial charge in [-0.05, 0) is 26.0 Å². The van der Waals surface area contributed by atoms with Gasteiger partial charge in [-0.25, -0.2) is 8.42 Å². The Morgan fingerprint density at radius 1 is 1.21 bits per heavy atom. The largest absolute Gasteiger partial charge is 0.294 e. The highest BCUT2D eigenvalue weighted by atomic mass is 32.2. The second kappa shape index (κ2) is 4.75. The Bertz CT molecular complexity index is 622. The maximum absolute atomic E-state index is 12.4. The van der Waals surface area contributed by atoms with Crippen molar-refractivity contribution in [2.45, 2.75) is 24.8 Å². The number of hydrogen-bond donors (Lipinski definition) is 1. The van der Waals surface area contributed by atoms with Crippen LogP contribution in [0.1, 0.15) is 12.5 Å². The minimum absolute atomic E-state index is 0.0763. The van der Waals surface area contributed by atoms with Crippen molar-refractivity contribution in [3.63, 3.8) is 0 Å². The molecule has 19 heavy (non-hydrogen) atoms. The van der Waals surface area contributed by atoms with Crippen LogP contribution in [0.3, 0.4) is 0 Å². The lowest BCUT2D eigenvalue weighted by Crippen LogP contribution is -2.58. The molecule has 0 radical (unpaired) electrons. The van der Waals surface area contributed by atoms with E-state index in [1.807, 2.05) is 6.92 Å². The zero-order valence-corrected chi connectivity index (χ0v) is 11.4. The van der Waals surface area contributed by atoms with Crippen LogP contribution in [0, 0.1) is 6.92 Å². The number of carbonyl (C=O) groups is 2. The number of hydrogen-bond acceptors (Lipinski definition) is 4. The molecule has 0 saturated carbocycles. The van der Waals surface area contributed by atoms with Crippen LogP contribution in [0.2, 0.25) is 0 Å². The molecule has 1 unspecified atom stereocenters. The molecule has 1 atom stereocenters. The van der Waals surface area contributed by atoms with Gasteiger partial charge in [-0.15, -0.1) is 0 Å². The first-order valence-electron chi connectivity index (χ1n) is 5.74. The maximum atomic E-state index is 12.4. The zero-order valence-electron chi connectivity index (χ0n) is 10.6. The molecule has 1 aromatic rings. The van der Waals surface area contributed by atoms with Crippen molar-refractivity contribution in [3.8, 4) is 0 Å². The van der Waals surface area contributed by atoms with Crippen LogP contribution in [-0.2, 0) is 19.6 Å². The van der Waals surface area contributed by atoms with Crippen LogP contribution in [0.5, 0.6) is 0 Å². The van der Waals surface area contributed by atoms with Crippen molar-refractivity contribution >= 4 is 21.8 Å². The molecule has 0 aliphatic carbocycles. The Balaban J connectivity index is 2.41. The molecule has 1 heterocycles. The summed E-state index contributed by atoms with van der Waals surface area (Å²) in [5.74, 6) is -1.22. The predicted molar refractivity (Wildman–Crippen MR) is 67.7 cm³/mol. The van der Waals surface area contributed by atoms with Crippen molar-refractivity contribution in [3.05, 3.63) is 29.8 Å². The minimum atomic E-state index is -3.84. The molecule has 1 aliphatic rings. The van der Waals surface area contributed by atoms with E-state index in [2.05, 4.69) is 5.32 Å². The second-order valence-corrected chi connectivity index (χ2v) is 6.34. The summed E-state index contributed by atoms with van der Waals surface area (Å²) in [6, 6.07) is 5.37. The Hall–Kier alpha value is -1.73. The SMILES string of the molecule is Cc1ccc(S(=O)(=O)N2CC(=O)NC(=O)C2C)cc1. The van der Waals surface area contributed by atoms with E-state index in [1.165, 1.54) is 19.1 Å². The molecule has 0 bridgehead atoms. The molecular formula is C12H14N2O4S. The highest BCUT2D eigenvalue weighted by molar-refractivity contribution is 7.89. The molecule has 2 rings (SSSR count). The number of carbonyl (C=O) groups excluding carboxylic acids is 2. The molecule has 0 spiro atoms. The molecule has 102 valence electrons. The summed E-state index contributed by atoms with van der Waals surface area (Å²) in [5, 5.41) is 2.11. The fraction of sp³-hybridized carbons (Fsp3) is 0.333. The standard InChI is InChI=1S/C12H14N2O4S/c1-8-3-5-10(6-4-8)19(17,18)14-7-11(15)13-12(16)9(14)2/h3-6,9H,7H2,1-2H3,(H,13,15,16). The molecule has 2 amide bonds. The Kier molecular flexibility index (Phi) is 3.42. The van der Waals surface area contributed by atoms with Gasteiger partial charge >= 0.3 is 0 Å². The smallest absolute Gasteiger partial charge is 0.244 e. The van der Waals surface area contributed by atoms with E-state index in [-0.39, 0.29) is 11.4 Å². The lowest BCUT2D eigenvalue weighted by Gasteiger charge is -2.30. The molecule has 6 nitrogen and oxygen atoms in total. The van der Waals surface area contributed by atoms with Crippen LogP contribution < -0.4 is 5.32 Å². The van der Waals surface area contributed by atoms with Gasteiger partial charge in [-0.2, -0.15) is 4.31 Å². The van der Waals surface area contributed by atoms with E-state index < -0.39 is 27.9 Å². The zero-order chi connectivity index (χ0) is 14.2. The number of benzene rings is 1. The van der Waals surface area contributed by atoms with E-state index >= 15 is 0 Å². The molecule has 1 aromatic carbocycles. The molecule has 1 fully saturated rings. The van der Waals surface area contributed by atoms with Crippen LogP contribution >= 0.6 is 0 Å². The highest BCUT2D eigenvalue weighted by Crippen LogP contribution is 2.20. The van der Waals surface area contributed by atoms with Crippen molar-refractivity contribution in [2.24, 2.45) is 0 Å². The summed E-state index contributed by atoms with van der Waals surface area (Å²) in [6.45, 7) is 2.95. The third-order valence-corrected chi connectivity index (χ3v) is 4.93. The van der Waals surface area contributed by atoms with Gasteiger partial charge in [0.25, 0.3) is 0 Å². The first kappa shape index (κ1) is 13.7. The van der Waals surface area contributed by atoms with Crippen molar-refractivity contribution in [2.75, 3.05) is 6.54 Å². The number of nitrogens with zero attached hydrogens (tertiary/aromatic N) is 1. The quantitative estimate of drug-likeness (QED) is 0.776. The lowest BCUT2D eigenvalue weighted by atomic mass is 10.2. The monoisotopic (exact) mass is 282 g/mol. The van der Waals surface area contributed by atoms with Crippen molar-refractivity contribution < 1.29 is 18.0 Å². The number of rotatable bonds is 2. The van der Waals surface area contributed by atoms with Gasteiger partial charge in [0.2, 0.25) is 21.8 Å². The molecule has 1 saturated heterocycles. The second-order valence-electron chi connectivity index (χ2n) is 4.45. The van der Waals surface area contributed by atoms with Gasteiger partial charge in [-0.1, -0.05) is 17.7 Å². The number of aryl methyl sites for hydroxylation is 1. The number of amides is 2. The fourth-order valence-corrected chi connectivity index (χ4v) is 3.38. The van der Waals surface area contributed by atoms with E-state index in [1.54, 1.807) is 12.1 Å². The average Bonchev–Trinajstić information content (AvgIpc) is 2.34. The molecule has 7 heteroatoms. The Morgan fingerprint density at radius 2 is 1.79 bits per heavy atom. The molecule has 1 aliphatic heterocycles. The van der Waals surface area contributed by atoms with Crippen molar-refractivity contribution in [1.29, 1.82) is 0 Å². The van der Waals surface area contributed by atoms with Gasteiger partial charge in [-0.3, -0.25) is 14.9 Å². The number of piperazine rings is 1. The van der Waals surface area contributed by atoms with Gasteiger partial charge in [0, 0.05) is 0 Å². The van der Waals surface area contributed by atoms with E-state index in [0.29, 0.717) is 0 Å². The van der Waals surface area contributed by atoms with E-state index in [9.17, 15) is 18.0 Å². The van der Waals surface area contributed by atoms with E-state index in [0.717, 1.165) is 9.87 Å². The third kappa shape index (κ3) is 2.52. The molecule has 0 aromatic heterocycles. The first-order chi connectivity index (χ1) is 8.82. The van der Waals surface area contributed by atoms with Crippen molar-refractivity contribution in [1.82, 2.24) is 9.62 Å². The third-order valence-electron chi connectivity index (χ3n) is 3.00. The molecule has 1 N–H and O–H groups in total. The predicted octanol–water partition coefficient (Wildman–Crippen LogP) is 0.0306. The van der Waals surface area contributed by atoms with Crippen LogP contribution in [0.15, 0.2) is 29.2 Å². The Labute approximate surface area is 111 Å². The highest BCUT2D eigenvalue weighted by Gasteiger charge is 2.38. The van der Waals surface area contributed by atoms with Crippen LogP contribution in [0.4, 0.5) is 0 Å². The Morgan fingerprint density at radius 3 is 2.37 bits per heavy atom. The summed E-state index contributed by atoms with van der Waals surface area (Å²) in [4.78, 5) is 22.9. The summed E-state index contributed by atoms with van der Waals surface area (Å²) in [7, 11) is -3.84. The number of imide groups is 1. The molecular weight excluding hydrogens is 268 g/mol. The normalized spacial score (nSPS) is 21.3. The fourth-order valence-electron chi connectivity index (χ4n) is 1.83. The maximum Gasteiger partial charge on any atom is 0.244 e. The van der Waals surface area contributed by atoms with Crippen LogP contribution in [0.25, 0.3) is 0 Å². The summed E-state index contributed by atoms with van der Waals surface area (Å²) >= 11 is 0. The minimum Gasteiger partial charge on any atom is -0.294 e. The van der Waals surface area contributed by atoms with Gasteiger partial charge in [0.1, 0.15) is 6.04 Å². The van der Waals surface area contributed by atoms with Gasteiger partial charge in [0.05, 0.1) is 11.4 Å². The van der Waals surface area contributed by atoms with Gasteiger partial charge in [0.15, 0.2) is 0 Å². The topological polar surface area (TPSA) is 83.6 Å². The first-order valence-corrected chi connectivity index (χ1v) is 7.18. The average molecular weight is 282 g/mol. The summed E-state index contributed by atoms with van der Waals surface area (Å²) in [6.07, 6.45) is 0. The number of nitrogens with one attached hydrogen (secondary N) is 1. The van der Waals surface area contributed by atoms with Gasteiger partial charge < -0.3 is 0 Å². The lowest BCUT2D eigenvalue weighted by molar-refractivity contribution is -0.136. The number of sulfonamides is 1. The van der Waals surface area contributed by atoms with Crippen LogP contribution in [-0.4, -0.2) is 37.1 Å². The van der Waals surface area contributed by atoms with E-state index in [4.69, 9.17) is 0 Å². The summed E-state index contributed by atoms with van der Waals surface area (Å²) in [5.41, 5.74) is 0.930. The summed E-state index contributed by atoms with van der Waals surface area (Å²) < 4.78 is 25.7.